The van der Waals surface area contributed by atoms with Gasteiger partial charge in [-0.25, -0.2) is 9.97 Å². The Morgan fingerprint density at radius 2 is 1.55 bits per heavy atom. The summed E-state index contributed by atoms with van der Waals surface area (Å²) in [5.74, 6) is 1.06. The molecule has 0 fully saturated rings. The molecule has 0 saturated carbocycles. The molecular formula is C23H21N5O3. The van der Waals surface area contributed by atoms with E-state index in [1.54, 1.807) is 18.4 Å². The van der Waals surface area contributed by atoms with Gasteiger partial charge in [-0.1, -0.05) is 60.7 Å². The van der Waals surface area contributed by atoms with E-state index < -0.39 is 4.92 Å². The van der Waals surface area contributed by atoms with Gasteiger partial charge >= 0.3 is 5.69 Å². The van der Waals surface area contributed by atoms with Crippen molar-refractivity contribution in [2.75, 3.05) is 10.2 Å². The minimum atomic E-state index is -0.442. The molecule has 2 aromatic heterocycles. The van der Waals surface area contributed by atoms with E-state index in [2.05, 4.69) is 15.3 Å². The first-order valence-corrected chi connectivity index (χ1v) is 9.79. The van der Waals surface area contributed by atoms with Crippen LogP contribution in [0.5, 0.6) is 0 Å². The fraction of sp³-hybridized carbons (Fsp3) is 0.130. The molecular weight excluding hydrogens is 394 g/mol. The van der Waals surface area contributed by atoms with Crippen molar-refractivity contribution in [2.45, 2.75) is 19.6 Å². The van der Waals surface area contributed by atoms with Gasteiger partial charge in [0.2, 0.25) is 11.6 Å². The summed E-state index contributed by atoms with van der Waals surface area (Å²) in [4.78, 5) is 21.9. The second kappa shape index (κ2) is 9.53. The lowest BCUT2D eigenvalue weighted by Crippen LogP contribution is -2.25. The third kappa shape index (κ3) is 5.05. The standard InChI is InChI=1S/C23H21N5O3/c29-28(30)21-22(24-14-20-12-7-13-31-20)25-17-26-23(21)27(15-18-8-3-1-4-9-18)16-19-10-5-2-6-11-19/h1-13,17H,14-16H2,(H,24,25,26). The van der Waals surface area contributed by atoms with Gasteiger partial charge in [0.15, 0.2) is 0 Å². The highest BCUT2D eigenvalue weighted by molar-refractivity contribution is 5.70. The number of nitrogens with zero attached hydrogens (tertiary/aromatic N) is 4. The predicted octanol–water partition coefficient (Wildman–Crippen LogP) is 4.80. The first kappa shape index (κ1) is 20.1. The monoisotopic (exact) mass is 415 g/mol. The molecule has 8 nitrogen and oxygen atoms in total. The Bertz CT molecular complexity index is 1080. The van der Waals surface area contributed by atoms with Crippen LogP contribution in [0.3, 0.4) is 0 Å². The molecule has 156 valence electrons. The number of nitrogens with one attached hydrogen (secondary N) is 1. The highest BCUT2D eigenvalue weighted by Gasteiger charge is 2.27. The van der Waals surface area contributed by atoms with Crippen LogP contribution in [-0.2, 0) is 19.6 Å². The molecule has 0 radical (unpaired) electrons. The summed E-state index contributed by atoms with van der Waals surface area (Å²) in [5, 5.41) is 15.1. The normalized spacial score (nSPS) is 10.6. The molecule has 0 spiro atoms. The van der Waals surface area contributed by atoms with Crippen LogP contribution in [0, 0.1) is 10.1 Å². The lowest BCUT2D eigenvalue weighted by atomic mass is 10.1. The molecule has 0 unspecified atom stereocenters. The number of furan rings is 1. The van der Waals surface area contributed by atoms with Crippen molar-refractivity contribution in [3.63, 3.8) is 0 Å². The van der Waals surface area contributed by atoms with Gasteiger partial charge in [-0.15, -0.1) is 0 Å². The summed E-state index contributed by atoms with van der Waals surface area (Å²) in [6.45, 7) is 1.21. The first-order chi connectivity index (χ1) is 15.2. The molecule has 2 heterocycles. The van der Waals surface area contributed by atoms with Gasteiger partial charge < -0.3 is 14.6 Å². The number of benzene rings is 2. The Morgan fingerprint density at radius 1 is 0.903 bits per heavy atom. The van der Waals surface area contributed by atoms with E-state index in [1.165, 1.54) is 6.33 Å². The Balaban J connectivity index is 1.70. The molecule has 0 amide bonds. The maximum atomic E-state index is 12.0. The summed E-state index contributed by atoms with van der Waals surface area (Å²) in [6, 6.07) is 23.2. The van der Waals surface area contributed by atoms with Gasteiger partial charge in [0.1, 0.15) is 12.1 Å². The Kier molecular flexibility index (Phi) is 6.18. The Hall–Kier alpha value is -4.20. The molecule has 0 saturated heterocycles. The molecule has 0 aliphatic heterocycles. The number of anilines is 2. The summed E-state index contributed by atoms with van der Waals surface area (Å²) in [7, 11) is 0. The van der Waals surface area contributed by atoms with Crippen molar-refractivity contribution in [3.05, 3.63) is 112 Å². The quantitative estimate of drug-likeness (QED) is 0.310. The van der Waals surface area contributed by atoms with Crippen LogP contribution < -0.4 is 10.2 Å². The number of hydrogen-bond donors (Lipinski definition) is 1. The number of hydrogen-bond acceptors (Lipinski definition) is 7. The van der Waals surface area contributed by atoms with Gasteiger partial charge in [-0.2, -0.15) is 0 Å². The van der Waals surface area contributed by atoms with Crippen LogP contribution in [0.1, 0.15) is 16.9 Å². The van der Waals surface area contributed by atoms with Crippen LogP contribution >= 0.6 is 0 Å². The smallest absolute Gasteiger partial charge is 0.353 e. The zero-order valence-corrected chi connectivity index (χ0v) is 16.7. The van der Waals surface area contributed by atoms with E-state index in [0.717, 1.165) is 11.1 Å². The largest absolute Gasteiger partial charge is 0.467 e. The fourth-order valence-corrected chi connectivity index (χ4v) is 3.30. The molecule has 0 bridgehead atoms. The first-order valence-electron chi connectivity index (χ1n) is 9.79. The van der Waals surface area contributed by atoms with Gasteiger partial charge in [0.25, 0.3) is 0 Å². The minimum absolute atomic E-state index is 0.150. The maximum absolute atomic E-state index is 12.0. The van der Waals surface area contributed by atoms with Crippen LogP contribution in [0.4, 0.5) is 17.3 Å². The molecule has 0 aliphatic carbocycles. The lowest BCUT2D eigenvalue weighted by molar-refractivity contribution is -0.383. The van der Waals surface area contributed by atoms with E-state index >= 15 is 0 Å². The van der Waals surface area contributed by atoms with Gasteiger partial charge in [0.05, 0.1) is 17.7 Å². The van der Waals surface area contributed by atoms with E-state index in [4.69, 9.17) is 4.42 Å². The average Bonchev–Trinajstić information content (AvgIpc) is 3.32. The second-order valence-corrected chi connectivity index (χ2v) is 6.91. The number of nitro groups is 1. The van der Waals surface area contributed by atoms with Crippen LogP contribution in [0.15, 0.2) is 89.8 Å². The third-order valence-electron chi connectivity index (χ3n) is 4.73. The van der Waals surface area contributed by atoms with Crippen molar-refractivity contribution in [3.8, 4) is 0 Å². The van der Waals surface area contributed by atoms with Crippen LogP contribution in [0.2, 0.25) is 0 Å². The van der Waals surface area contributed by atoms with Crippen LogP contribution in [-0.4, -0.2) is 14.9 Å². The Morgan fingerprint density at radius 3 is 2.10 bits per heavy atom. The zero-order valence-electron chi connectivity index (χ0n) is 16.7. The van der Waals surface area contributed by atoms with Crippen molar-refractivity contribution in [1.29, 1.82) is 0 Å². The van der Waals surface area contributed by atoms with E-state index in [-0.39, 0.29) is 23.9 Å². The SMILES string of the molecule is O=[N+]([O-])c1c(NCc2ccco2)ncnc1N(Cc1ccccc1)Cc1ccccc1. The van der Waals surface area contributed by atoms with Gasteiger partial charge in [0, 0.05) is 13.1 Å². The minimum Gasteiger partial charge on any atom is -0.467 e. The molecule has 8 heteroatoms. The summed E-state index contributed by atoms with van der Waals surface area (Å²) >= 11 is 0. The van der Waals surface area contributed by atoms with Crippen LogP contribution in [0.25, 0.3) is 0 Å². The Labute approximate surface area is 179 Å². The van der Waals surface area contributed by atoms with Crippen molar-refractivity contribution in [1.82, 2.24) is 9.97 Å². The fourth-order valence-electron chi connectivity index (χ4n) is 3.30. The summed E-state index contributed by atoms with van der Waals surface area (Å²) in [5.41, 5.74) is 1.88. The average molecular weight is 415 g/mol. The third-order valence-corrected chi connectivity index (χ3v) is 4.73. The molecule has 4 rings (SSSR count). The summed E-state index contributed by atoms with van der Waals surface area (Å²) < 4.78 is 5.31. The van der Waals surface area contributed by atoms with E-state index in [1.807, 2.05) is 65.6 Å². The molecule has 0 atom stereocenters. The second-order valence-electron chi connectivity index (χ2n) is 6.91. The predicted molar refractivity (Wildman–Crippen MR) is 117 cm³/mol. The maximum Gasteiger partial charge on any atom is 0.353 e. The van der Waals surface area contributed by atoms with Crippen molar-refractivity contribution in [2.24, 2.45) is 0 Å². The number of aromatic nitrogens is 2. The highest BCUT2D eigenvalue weighted by atomic mass is 16.6. The van der Waals surface area contributed by atoms with Crippen molar-refractivity contribution < 1.29 is 9.34 Å². The van der Waals surface area contributed by atoms with Gasteiger partial charge in [-0.05, 0) is 23.3 Å². The zero-order chi connectivity index (χ0) is 21.5. The molecule has 31 heavy (non-hydrogen) atoms. The summed E-state index contributed by atoms with van der Waals surface area (Å²) in [6.07, 6.45) is 2.90. The highest BCUT2D eigenvalue weighted by Crippen LogP contribution is 2.33. The molecule has 4 aromatic rings. The topological polar surface area (TPSA) is 97.3 Å². The number of rotatable bonds is 9. The van der Waals surface area contributed by atoms with Crippen molar-refractivity contribution >= 4 is 17.3 Å². The molecule has 0 aliphatic rings. The van der Waals surface area contributed by atoms with Gasteiger partial charge in [-0.3, -0.25) is 10.1 Å². The molecule has 2 aromatic carbocycles. The lowest BCUT2D eigenvalue weighted by Gasteiger charge is -2.24. The van der Waals surface area contributed by atoms with E-state index in [9.17, 15) is 10.1 Å². The molecule has 1 N–H and O–H groups in total. The van der Waals surface area contributed by atoms with E-state index in [0.29, 0.717) is 18.8 Å².